The fourth-order valence-electron chi connectivity index (χ4n) is 3.34. The molecule has 3 rings (SSSR count). The Labute approximate surface area is 173 Å². The monoisotopic (exact) mass is 436 g/mol. The molecule has 1 unspecified atom stereocenters. The van der Waals surface area contributed by atoms with Crippen molar-refractivity contribution >= 4 is 21.9 Å². The fraction of sp³-hybridized carbons (Fsp3) is 0.300. The SMILES string of the molecule is CCc1cc(C2CON=C2OC(C)=O)c(-c2ccc(S(N)(=O)=O)cc2)c(F)c1OC. The van der Waals surface area contributed by atoms with Crippen molar-refractivity contribution in [2.75, 3.05) is 13.7 Å². The number of aryl methyl sites for hydroxylation is 1. The van der Waals surface area contributed by atoms with Crippen molar-refractivity contribution in [1.82, 2.24) is 0 Å². The molecule has 0 spiro atoms. The van der Waals surface area contributed by atoms with Gasteiger partial charge in [0.05, 0.1) is 12.0 Å². The lowest BCUT2D eigenvalue weighted by molar-refractivity contribution is -0.133. The highest BCUT2D eigenvalue weighted by Crippen LogP contribution is 2.41. The molecule has 0 aromatic heterocycles. The molecule has 0 saturated heterocycles. The van der Waals surface area contributed by atoms with E-state index in [1.165, 1.54) is 38.3 Å². The number of hydrogen-bond donors (Lipinski definition) is 1. The van der Waals surface area contributed by atoms with Gasteiger partial charge in [0.25, 0.3) is 0 Å². The van der Waals surface area contributed by atoms with Crippen LogP contribution in [0.2, 0.25) is 0 Å². The number of benzene rings is 2. The van der Waals surface area contributed by atoms with Crippen molar-refractivity contribution in [3.8, 4) is 16.9 Å². The van der Waals surface area contributed by atoms with Crippen molar-refractivity contribution in [3.05, 3.63) is 47.3 Å². The zero-order chi connectivity index (χ0) is 22.1. The summed E-state index contributed by atoms with van der Waals surface area (Å²) in [7, 11) is -2.53. The molecule has 0 saturated carbocycles. The van der Waals surface area contributed by atoms with Crippen LogP contribution < -0.4 is 9.88 Å². The molecule has 2 N–H and O–H groups in total. The molecule has 0 radical (unpaired) electrons. The molecule has 30 heavy (non-hydrogen) atoms. The molecule has 1 heterocycles. The number of primary sulfonamides is 1. The standard InChI is InChI=1S/C20H21FN2O6S/c1-4-12-9-15(16-10-28-23-20(16)29-11(2)24)17(18(21)19(12)27-3)13-5-7-14(8-6-13)30(22,25)26/h5-9,16H,4,10H2,1-3H3,(H2,22,25,26). The highest BCUT2D eigenvalue weighted by Gasteiger charge is 2.33. The first-order valence-corrected chi connectivity index (χ1v) is 10.6. The Morgan fingerprint density at radius 3 is 2.53 bits per heavy atom. The van der Waals surface area contributed by atoms with Gasteiger partial charge in [-0.3, -0.25) is 4.79 Å². The summed E-state index contributed by atoms with van der Waals surface area (Å²) in [6, 6.07) is 7.24. The topological polar surface area (TPSA) is 117 Å². The van der Waals surface area contributed by atoms with Crippen LogP contribution >= 0.6 is 0 Å². The molecule has 0 amide bonds. The van der Waals surface area contributed by atoms with Crippen LogP contribution in [0.4, 0.5) is 4.39 Å². The number of oxime groups is 1. The summed E-state index contributed by atoms with van der Waals surface area (Å²) in [5.74, 6) is -1.72. The lowest BCUT2D eigenvalue weighted by atomic mass is 9.87. The first-order valence-electron chi connectivity index (χ1n) is 9.08. The minimum atomic E-state index is -3.90. The second-order valence-electron chi connectivity index (χ2n) is 6.64. The molecule has 1 aliphatic rings. The number of rotatable bonds is 5. The predicted octanol–water partition coefficient (Wildman–Crippen LogP) is 2.70. The summed E-state index contributed by atoms with van der Waals surface area (Å²) in [5.41, 5.74) is 1.65. The van der Waals surface area contributed by atoms with Gasteiger partial charge in [0, 0.05) is 12.5 Å². The predicted molar refractivity (Wildman–Crippen MR) is 107 cm³/mol. The minimum Gasteiger partial charge on any atom is -0.493 e. The number of carbonyl (C=O) groups excluding carboxylic acids is 1. The van der Waals surface area contributed by atoms with Crippen molar-refractivity contribution in [3.63, 3.8) is 0 Å². The largest absolute Gasteiger partial charge is 0.493 e. The van der Waals surface area contributed by atoms with Gasteiger partial charge in [-0.15, -0.1) is 0 Å². The third-order valence-electron chi connectivity index (χ3n) is 4.70. The van der Waals surface area contributed by atoms with Crippen LogP contribution in [0.1, 0.15) is 30.9 Å². The van der Waals surface area contributed by atoms with Gasteiger partial charge < -0.3 is 14.3 Å². The van der Waals surface area contributed by atoms with Gasteiger partial charge in [-0.05, 0) is 35.2 Å². The zero-order valence-corrected chi connectivity index (χ0v) is 17.5. The second-order valence-corrected chi connectivity index (χ2v) is 8.20. The van der Waals surface area contributed by atoms with Gasteiger partial charge in [0.2, 0.25) is 15.9 Å². The number of halogens is 1. The number of nitrogens with two attached hydrogens (primary N) is 1. The number of nitrogens with zero attached hydrogens (tertiary/aromatic N) is 1. The molecular formula is C20H21FN2O6S. The summed E-state index contributed by atoms with van der Waals surface area (Å²) < 4.78 is 49.1. The highest BCUT2D eigenvalue weighted by molar-refractivity contribution is 7.89. The lowest BCUT2D eigenvalue weighted by Gasteiger charge is -2.20. The lowest BCUT2D eigenvalue weighted by Crippen LogP contribution is -2.19. The van der Waals surface area contributed by atoms with Crippen molar-refractivity contribution in [2.24, 2.45) is 10.3 Å². The van der Waals surface area contributed by atoms with Crippen LogP contribution in [0.3, 0.4) is 0 Å². The second kappa shape index (κ2) is 8.41. The van der Waals surface area contributed by atoms with Gasteiger partial charge >= 0.3 is 5.97 Å². The maximum absolute atomic E-state index is 15.6. The maximum atomic E-state index is 15.6. The van der Waals surface area contributed by atoms with E-state index in [-0.39, 0.29) is 28.7 Å². The summed E-state index contributed by atoms with van der Waals surface area (Å²) in [6.45, 7) is 3.14. The van der Waals surface area contributed by atoms with Crippen LogP contribution in [0.25, 0.3) is 11.1 Å². The van der Waals surface area contributed by atoms with Gasteiger partial charge in [0.1, 0.15) is 12.5 Å². The number of sulfonamides is 1. The maximum Gasteiger partial charge on any atom is 0.309 e. The Morgan fingerprint density at radius 2 is 2.00 bits per heavy atom. The zero-order valence-electron chi connectivity index (χ0n) is 16.6. The first kappa shape index (κ1) is 21.7. The Bertz CT molecular complexity index is 1110. The van der Waals surface area contributed by atoms with Crippen molar-refractivity contribution in [2.45, 2.75) is 31.1 Å². The van der Waals surface area contributed by atoms with Gasteiger partial charge in [-0.2, -0.15) is 0 Å². The van der Waals surface area contributed by atoms with Gasteiger partial charge in [-0.25, -0.2) is 17.9 Å². The van der Waals surface area contributed by atoms with E-state index < -0.39 is 27.7 Å². The Hall–Kier alpha value is -2.98. The normalized spacial score (nSPS) is 16.0. The van der Waals surface area contributed by atoms with Crippen LogP contribution in [-0.2, 0) is 30.8 Å². The molecule has 0 bridgehead atoms. The quantitative estimate of drug-likeness (QED) is 0.720. The van der Waals surface area contributed by atoms with Crippen LogP contribution in [0.15, 0.2) is 40.4 Å². The Kier molecular flexibility index (Phi) is 6.09. The Balaban J connectivity index is 2.23. The van der Waals surface area contributed by atoms with Crippen molar-refractivity contribution < 1.29 is 31.9 Å². The number of esters is 1. The third kappa shape index (κ3) is 4.14. The van der Waals surface area contributed by atoms with Crippen LogP contribution in [-0.4, -0.2) is 34.0 Å². The molecule has 2 aromatic rings. The fourth-order valence-corrected chi connectivity index (χ4v) is 3.86. The number of hydrogen-bond acceptors (Lipinski definition) is 7. The van der Waals surface area contributed by atoms with E-state index in [0.29, 0.717) is 23.1 Å². The smallest absolute Gasteiger partial charge is 0.309 e. The van der Waals surface area contributed by atoms with Crippen molar-refractivity contribution in [1.29, 1.82) is 0 Å². The van der Waals surface area contributed by atoms with E-state index in [9.17, 15) is 13.2 Å². The van der Waals surface area contributed by atoms with E-state index >= 15 is 4.39 Å². The number of carbonyl (C=O) groups is 1. The molecule has 2 aromatic carbocycles. The molecule has 10 heteroatoms. The van der Waals surface area contributed by atoms with E-state index in [4.69, 9.17) is 19.5 Å². The average molecular weight is 436 g/mol. The molecule has 0 fully saturated rings. The molecule has 1 aliphatic heterocycles. The van der Waals surface area contributed by atoms with E-state index in [0.717, 1.165) is 0 Å². The first-order chi connectivity index (χ1) is 14.2. The molecule has 160 valence electrons. The van der Waals surface area contributed by atoms with Crippen LogP contribution in [0.5, 0.6) is 5.75 Å². The molecular weight excluding hydrogens is 415 g/mol. The third-order valence-corrected chi connectivity index (χ3v) is 5.63. The highest BCUT2D eigenvalue weighted by atomic mass is 32.2. The average Bonchev–Trinajstić information content (AvgIpc) is 3.13. The van der Waals surface area contributed by atoms with E-state index in [1.807, 2.05) is 6.92 Å². The minimum absolute atomic E-state index is 0.0246. The summed E-state index contributed by atoms with van der Waals surface area (Å²) >= 11 is 0. The number of ether oxygens (including phenoxy) is 2. The van der Waals surface area contributed by atoms with Crippen LogP contribution in [0, 0.1) is 5.82 Å². The Morgan fingerprint density at radius 1 is 1.33 bits per heavy atom. The van der Waals surface area contributed by atoms with Gasteiger partial charge in [0.15, 0.2) is 11.6 Å². The summed E-state index contributed by atoms with van der Waals surface area (Å²) in [6.07, 6.45) is 0.491. The van der Waals surface area contributed by atoms with E-state index in [1.54, 1.807) is 6.07 Å². The molecule has 8 nitrogen and oxygen atoms in total. The number of methoxy groups -OCH3 is 1. The van der Waals surface area contributed by atoms with E-state index in [2.05, 4.69) is 5.16 Å². The summed E-state index contributed by atoms with van der Waals surface area (Å²) in [4.78, 5) is 16.4. The molecule has 0 aliphatic carbocycles. The molecule has 1 atom stereocenters. The van der Waals surface area contributed by atoms with Gasteiger partial charge in [-0.1, -0.05) is 30.3 Å². The summed E-state index contributed by atoms with van der Waals surface area (Å²) in [5, 5.41) is 8.92.